The van der Waals surface area contributed by atoms with Crippen LogP contribution in [0.15, 0.2) is 0 Å². The summed E-state index contributed by atoms with van der Waals surface area (Å²) in [4.78, 5) is 34.4. The maximum atomic E-state index is 11.5. The van der Waals surface area contributed by atoms with Crippen LogP contribution in [0.2, 0.25) is 0 Å². The standard InChI is InChI=1S/C19H34O9/c1-5-8-9-24-17(20)15(4)28-19(22)26-13-11-23-10-12-25-18(21)27-14-16(6-2)7-3/h15-16H,5-14H2,1-4H3/t15-/m1/s1. The Morgan fingerprint density at radius 1 is 0.750 bits per heavy atom. The summed E-state index contributed by atoms with van der Waals surface area (Å²) < 4.78 is 29.5. The molecule has 0 aromatic heterocycles. The van der Waals surface area contributed by atoms with Crippen molar-refractivity contribution in [2.45, 2.75) is 59.5 Å². The van der Waals surface area contributed by atoms with Crippen molar-refractivity contribution in [1.82, 2.24) is 0 Å². The molecule has 0 bridgehead atoms. The first kappa shape index (κ1) is 26.0. The van der Waals surface area contributed by atoms with Gasteiger partial charge in [-0.05, 0) is 19.3 Å². The molecule has 0 saturated heterocycles. The topological polar surface area (TPSA) is 107 Å². The van der Waals surface area contributed by atoms with E-state index in [0.717, 1.165) is 25.7 Å². The summed E-state index contributed by atoms with van der Waals surface area (Å²) in [5, 5.41) is 0. The second kappa shape index (κ2) is 17.1. The molecule has 0 heterocycles. The largest absolute Gasteiger partial charge is 0.509 e. The smallest absolute Gasteiger partial charge is 0.463 e. The molecule has 0 radical (unpaired) electrons. The van der Waals surface area contributed by atoms with Gasteiger partial charge in [-0.3, -0.25) is 0 Å². The summed E-state index contributed by atoms with van der Waals surface area (Å²) in [6, 6.07) is 0. The summed E-state index contributed by atoms with van der Waals surface area (Å²) >= 11 is 0. The highest BCUT2D eigenvalue weighted by atomic mass is 16.7. The lowest BCUT2D eigenvalue weighted by Crippen LogP contribution is -2.27. The molecule has 0 amide bonds. The molecule has 1 atom stereocenters. The molecular weight excluding hydrogens is 372 g/mol. The normalized spacial score (nSPS) is 11.6. The third-order valence-electron chi connectivity index (χ3n) is 3.83. The SMILES string of the molecule is CCCCOC(=O)[C@@H](C)OC(=O)OCCOCCOC(=O)OCC(CC)CC. The highest BCUT2D eigenvalue weighted by Gasteiger charge is 2.20. The minimum absolute atomic E-state index is 0.0346. The highest BCUT2D eigenvalue weighted by Crippen LogP contribution is 2.07. The van der Waals surface area contributed by atoms with Crippen molar-refractivity contribution in [2.75, 3.05) is 39.6 Å². The molecular formula is C19H34O9. The van der Waals surface area contributed by atoms with E-state index in [-0.39, 0.29) is 26.4 Å². The van der Waals surface area contributed by atoms with E-state index >= 15 is 0 Å². The van der Waals surface area contributed by atoms with Gasteiger partial charge < -0.3 is 28.4 Å². The Hall–Kier alpha value is -2.03. The summed E-state index contributed by atoms with van der Waals surface area (Å²) in [6.07, 6.45) is 0.779. The monoisotopic (exact) mass is 406 g/mol. The molecule has 0 rings (SSSR count). The van der Waals surface area contributed by atoms with E-state index < -0.39 is 24.4 Å². The minimum Gasteiger partial charge on any atom is -0.463 e. The third kappa shape index (κ3) is 14.1. The second-order valence-corrected chi connectivity index (χ2v) is 6.08. The molecule has 28 heavy (non-hydrogen) atoms. The van der Waals surface area contributed by atoms with Crippen LogP contribution in [0.5, 0.6) is 0 Å². The van der Waals surface area contributed by atoms with E-state index in [9.17, 15) is 14.4 Å². The average molecular weight is 406 g/mol. The number of rotatable bonds is 15. The van der Waals surface area contributed by atoms with Crippen molar-refractivity contribution in [3.8, 4) is 0 Å². The van der Waals surface area contributed by atoms with Gasteiger partial charge in [-0.2, -0.15) is 0 Å². The second-order valence-electron chi connectivity index (χ2n) is 6.08. The lowest BCUT2D eigenvalue weighted by atomic mass is 10.1. The molecule has 9 nitrogen and oxygen atoms in total. The molecule has 0 aliphatic rings. The molecule has 0 aliphatic carbocycles. The first-order chi connectivity index (χ1) is 13.4. The van der Waals surface area contributed by atoms with Crippen molar-refractivity contribution in [1.29, 1.82) is 0 Å². The predicted molar refractivity (Wildman–Crippen MR) is 100.0 cm³/mol. The fourth-order valence-corrected chi connectivity index (χ4v) is 1.88. The summed E-state index contributed by atoms with van der Waals surface area (Å²) in [5.74, 6) is -0.281. The molecule has 0 aromatic rings. The van der Waals surface area contributed by atoms with Crippen LogP contribution in [0.1, 0.15) is 53.4 Å². The molecule has 0 fully saturated rings. The van der Waals surface area contributed by atoms with Crippen LogP contribution in [0.3, 0.4) is 0 Å². The van der Waals surface area contributed by atoms with Crippen LogP contribution >= 0.6 is 0 Å². The van der Waals surface area contributed by atoms with E-state index in [2.05, 4.69) is 0 Å². The molecule has 0 saturated carbocycles. The Labute approximate surface area is 166 Å². The first-order valence-electron chi connectivity index (χ1n) is 9.81. The van der Waals surface area contributed by atoms with Crippen LogP contribution in [0.25, 0.3) is 0 Å². The Morgan fingerprint density at radius 2 is 1.36 bits per heavy atom. The fraction of sp³-hybridized carbons (Fsp3) is 0.842. The fourth-order valence-electron chi connectivity index (χ4n) is 1.88. The van der Waals surface area contributed by atoms with Crippen LogP contribution in [0, 0.1) is 5.92 Å². The first-order valence-corrected chi connectivity index (χ1v) is 9.81. The molecule has 0 N–H and O–H groups in total. The molecule has 9 heteroatoms. The van der Waals surface area contributed by atoms with Crippen molar-refractivity contribution < 1.29 is 42.8 Å². The van der Waals surface area contributed by atoms with Gasteiger partial charge in [0.05, 0.1) is 26.4 Å². The van der Waals surface area contributed by atoms with E-state index in [4.69, 9.17) is 28.4 Å². The van der Waals surface area contributed by atoms with Crippen molar-refractivity contribution in [2.24, 2.45) is 5.92 Å². The predicted octanol–water partition coefficient (Wildman–Crippen LogP) is 3.48. The van der Waals surface area contributed by atoms with Crippen LogP contribution in [-0.2, 0) is 33.2 Å². The molecule has 0 spiro atoms. The van der Waals surface area contributed by atoms with Crippen molar-refractivity contribution in [3.05, 3.63) is 0 Å². The number of unbranched alkanes of at least 4 members (excludes halogenated alkanes) is 1. The number of hydrogen-bond donors (Lipinski definition) is 0. The summed E-state index contributed by atoms with van der Waals surface area (Å²) in [6.45, 7) is 8.29. The zero-order valence-corrected chi connectivity index (χ0v) is 17.4. The maximum absolute atomic E-state index is 11.5. The van der Waals surface area contributed by atoms with Crippen molar-refractivity contribution in [3.63, 3.8) is 0 Å². The van der Waals surface area contributed by atoms with Crippen molar-refractivity contribution >= 4 is 18.3 Å². The van der Waals surface area contributed by atoms with Gasteiger partial charge in [0, 0.05) is 0 Å². The van der Waals surface area contributed by atoms with Gasteiger partial charge >= 0.3 is 18.3 Å². The van der Waals surface area contributed by atoms with Gasteiger partial charge in [0.15, 0.2) is 6.10 Å². The number of carbonyl (C=O) groups excluding carboxylic acids is 3. The zero-order valence-electron chi connectivity index (χ0n) is 17.4. The number of hydrogen-bond acceptors (Lipinski definition) is 9. The number of esters is 1. The van der Waals surface area contributed by atoms with Gasteiger partial charge in [-0.15, -0.1) is 0 Å². The summed E-state index contributed by atoms with van der Waals surface area (Å²) in [5.41, 5.74) is 0. The Kier molecular flexibility index (Phi) is 15.9. The Bertz CT molecular complexity index is 435. The molecule has 0 unspecified atom stereocenters. The van der Waals surface area contributed by atoms with Crippen LogP contribution in [-0.4, -0.2) is 64.0 Å². The van der Waals surface area contributed by atoms with Crippen LogP contribution < -0.4 is 0 Å². The van der Waals surface area contributed by atoms with Gasteiger partial charge in [-0.25, -0.2) is 14.4 Å². The van der Waals surface area contributed by atoms with Crippen LogP contribution in [0.4, 0.5) is 9.59 Å². The van der Waals surface area contributed by atoms with E-state index in [1.807, 2.05) is 20.8 Å². The minimum atomic E-state index is -1.04. The van der Waals surface area contributed by atoms with E-state index in [0.29, 0.717) is 19.1 Å². The van der Waals surface area contributed by atoms with Gasteiger partial charge in [0.2, 0.25) is 0 Å². The average Bonchev–Trinajstić information content (AvgIpc) is 2.68. The van der Waals surface area contributed by atoms with Gasteiger partial charge in [-0.1, -0.05) is 40.0 Å². The van der Waals surface area contributed by atoms with E-state index in [1.165, 1.54) is 6.92 Å². The third-order valence-corrected chi connectivity index (χ3v) is 3.83. The molecule has 0 aromatic carbocycles. The summed E-state index contributed by atoms with van der Waals surface area (Å²) in [7, 11) is 0. The lowest BCUT2D eigenvalue weighted by molar-refractivity contribution is -0.154. The van der Waals surface area contributed by atoms with Gasteiger partial charge in [0.1, 0.15) is 13.2 Å². The Morgan fingerprint density at radius 3 is 1.93 bits per heavy atom. The lowest BCUT2D eigenvalue weighted by Gasteiger charge is -2.13. The molecule has 164 valence electrons. The highest BCUT2D eigenvalue weighted by molar-refractivity contribution is 5.76. The Balaban J connectivity index is 3.63. The van der Waals surface area contributed by atoms with E-state index in [1.54, 1.807) is 0 Å². The maximum Gasteiger partial charge on any atom is 0.509 e. The zero-order chi connectivity index (χ0) is 21.2. The molecule has 0 aliphatic heterocycles. The quantitative estimate of drug-likeness (QED) is 0.229. The number of ether oxygens (including phenoxy) is 6. The number of carbonyl (C=O) groups is 3. The van der Waals surface area contributed by atoms with Gasteiger partial charge in [0.25, 0.3) is 0 Å².